The number of anilines is 3. The number of pyridine rings is 1. The number of hydrogen-bond acceptors (Lipinski definition) is 5. The van der Waals surface area contributed by atoms with Gasteiger partial charge in [0.2, 0.25) is 0 Å². The number of halogens is 2. The van der Waals surface area contributed by atoms with Gasteiger partial charge in [-0.05, 0) is 42.6 Å². The van der Waals surface area contributed by atoms with E-state index in [9.17, 15) is 13.2 Å². The number of nitrogens with zero attached hydrogens (tertiary/aromatic N) is 1. The zero-order valence-corrected chi connectivity index (χ0v) is 18.3. The van der Waals surface area contributed by atoms with Gasteiger partial charge in [0.05, 0.1) is 16.4 Å². The minimum atomic E-state index is -3.78. The van der Waals surface area contributed by atoms with E-state index in [2.05, 4.69) is 26.0 Å². The molecule has 0 aliphatic carbocycles. The predicted octanol–water partition coefficient (Wildman–Crippen LogP) is 4.72. The average molecular weight is 489 g/mol. The molecule has 6 nitrogen and oxygen atoms in total. The molecule has 0 atom stereocenters. The number of aryl methyl sites for hydroxylation is 1. The fourth-order valence-corrected chi connectivity index (χ4v) is 5.22. The first-order chi connectivity index (χ1) is 12.7. The van der Waals surface area contributed by atoms with Gasteiger partial charge in [0, 0.05) is 17.1 Å². The zero-order chi connectivity index (χ0) is 19.8. The molecule has 0 aliphatic rings. The Morgan fingerprint density at radius 2 is 1.93 bits per heavy atom. The second kappa shape index (κ2) is 7.67. The van der Waals surface area contributed by atoms with Gasteiger partial charge < -0.3 is 5.32 Å². The number of nitrogens with one attached hydrogen (secondary N) is 2. The number of aromatic nitrogens is 1. The molecular weight excluding hydrogens is 474 g/mol. The first kappa shape index (κ1) is 19.9. The van der Waals surface area contributed by atoms with E-state index in [1.165, 1.54) is 16.7 Å². The highest BCUT2D eigenvalue weighted by Gasteiger charge is 2.20. The predicted molar refractivity (Wildman–Crippen MR) is 114 cm³/mol. The first-order valence-corrected chi connectivity index (χ1v) is 11.2. The van der Waals surface area contributed by atoms with Gasteiger partial charge in [-0.1, -0.05) is 33.6 Å². The van der Waals surface area contributed by atoms with Crippen molar-refractivity contribution in [2.75, 3.05) is 10.0 Å². The van der Waals surface area contributed by atoms with Crippen LogP contribution in [0.1, 0.15) is 5.56 Å². The Hall–Kier alpha value is -1.81. The highest BCUT2D eigenvalue weighted by molar-refractivity contribution is 9.10. The molecule has 27 heavy (non-hydrogen) atoms. The molecule has 0 bridgehead atoms. The summed E-state index contributed by atoms with van der Waals surface area (Å²) >= 11 is 10.7. The molecule has 2 aromatic heterocycles. The van der Waals surface area contributed by atoms with Crippen LogP contribution in [0.5, 0.6) is 0 Å². The quantitative estimate of drug-likeness (QED) is 0.545. The molecule has 1 aromatic carbocycles. The second-order valence-corrected chi connectivity index (χ2v) is 9.92. The van der Waals surface area contributed by atoms with Crippen LogP contribution in [0.2, 0.25) is 5.02 Å². The second-order valence-electron chi connectivity index (χ2n) is 5.74. The van der Waals surface area contributed by atoms with E-state index in [-0.39, 0.29) is 21.3 Å². The molecule has 3 rings (SSSR count). The van der Waals surface area contributed by atoms with E-state index in [4.69, 9.17) is 11.6 Å². The lowest BCUT2D eigenvalue weighted by Gasteiger charge is -2.18. The van der Waals surface area contributed by atoms with Gasteiger partial charge >= 0.3 is 0 Å². The molecule has 0 aliphatic heterocycles. The zero-order valence-electron chi connectivity index (χ0n) is 14.3. The molecule has 0 spiro atoms. The number of thiophene rings is 1. The van der Waals surface area contributed by atoms with Crippen LogP contribution in [0, 0.1) is 6.92 Å². The van der Waals surface area contributed by atoms with Crippen LogP contribution in [-0.2, 0) is 17.1 Å². The van der Waals surface area contributed by atoms with Crippen molar-refractivity contribution in [3.63, 3.8) is 0 Å². The maximum absolute atomic E-state index is 12.6. The minimum absolute atomic E-state index is 0.182. The molecule has 0 fully saturated rings. The summed E-state index contributed by atoms with van der Waals surface area (Å²) in [5.74, 6) is 0.287. The van der Waals surface area contributed by atoms with Crippen molar-refractivity contribution in [1.82, 2.24) is 4.57 Å². The van der Waals surface area contributed by atoms with Crippen molar-refractivity contribution >= 4 is 66.1 Å². The molecule has 0 unspecified atom stereocenters. The molecule has 3 aromatic rings. The van der Waals surface area contributed by atoms with Crippen molar-refractivity contribution in [2.45, 2.75) is 11.1 Å². The Bertz CT molecular complexity index is 1160. The monoisotopic (exact) mass is 487 g/mol. The summed E-state index contributed by atoms with van der Waals surface area (Å²) in [5.41, 5.74) is 0.955. The third-order valence-corrected chi connectivity index (χ3v) is 7.35. The lowest BCUT2D eigenvalue weighted by atomic mass is 10.2. The van der Waals surface area contributed by atoms with Crippen molar-refractivity contribution in [3.8, 4) is 0 Å². The van der Waals surface area contributed by atoms with Crippen molar-refractivity contribution in [3.05, 3.63) is 67.2 Å². The van der Waals surface area contributed by atoms with Gasteiger partial charge in [-0.3, -0.25) is 14.1 Å². The van der Waals surface area contributed by atoms with E-state index in [0.717, 1.165) is 15.8 Å². The highest BCUT2D eigenvalue weighted by Crippen LogP contribution is 2.32. The summed E-state index contributed by atoms with van der Waals surface area (Å²) in [7, 11) is -2.21. The molecule has 2 N–H and O–H groups in total. The van der Waals surface area contributed by atoms with E-state index in [0.29, 0.717) is 16.3 Å². The van der Waals surface area contributed by atoms with Crippen molar-refractivity contribution < 1.29 is 8.42 Å². The standard InChI is InChI=1S/C17H15BrClN3O3S2/c1-10-8-14(21-27(24,25)15-4-3-7-26-15)16(22(2)17(10)23)20-13-6-5-11(18)9-12(13)19/h3-9,20-21H,1-2H3. The van der Waals surface area contributed by atoms with Crippen LogP contribution in [-0.4, -0.2) is 13.0 Å². The van der Waals surface area contributed by atoms with E-state index < -0.39 is 10.0 Å². The van der Waals surface area contributed by atoms with Gasteiger partial charge in [0.1, 0.15) is 10.0 Å². The average Bonchev–Trinajstić information content (AvgIpc) is 3.13. The Labute approximate surface area is 174 Å². The Kier molecular flexibility index (Phi) is 5.66. The van der Waals surface area contributed by atoms with Crippen LogP contribution in [0.15, 0.2) is 55.3 Å². The maximum Gasteiger partial charge on any atom is 0.271 e. The molecule has 142 valence electrons. The normalized spacial score (nSPS) is 11.4. The topological polar surface area (TPSA) is 80.2 Å². The Balaban J connectivity index is 2.10. The lowest BCUT2D eigenvalue weighted by Crippen LogP contribution is -2.24. The molecule has 10 heteroatoms. The van der Waals surface area contributed by atoms with E-state index in [1.807, 2.05) is 0 Å². The lowest BCUT2D eigenvalue weighted by molar-refractivity contribution is 0.603. The summed E-state index contributed by atoms with van der Waals surface area (Å²) in [6.07, 6.45) is 0. The largest absolute Gasteiger partial charge is 0.339 e. The van der Waals surface area contributed by atoms with Crippen LogP contribution in [0.3, 0.4) is 0 Å². The highest BCUT2D eigenvalue weighted by atomic mass is 79.9. The molecule has 0 radical (unpaired) electrons. The number of rotatable bonds is 5. The molecule has 0 saturated carbocycles. The number of hydrogen-bond donors (Lipinski definition) is 2. The minimum Gasteiger partial charge on any atom is -0.339 e. The fourth-order valence-electron chi connectivity index (χ4n) is 2.45. The summed E-state index contributed by atoms with van der Waals surface area (Å²) in [5, 5.41) is 5.16. The number of sulfonamides is 1. The third-order valence-electron chi connectivity index (χ3n) is 3.78. The Morgan fingerprint density at radius 3 is 2.56 bits per heavy atom. The van der Waals surface area contributed by atoms with Gasteiger partial charge in [-0.25, -0.2) is 8.42 Å². The first-order valence-electron chi connectivity index (χ1n) is 7.68. The van der Waals surface area contributed by atoms with Gasteiger partial charge in [-0.2, -0.15) is 0 Å². The summed E-state index contributed by atoms with van der Waals surface area (Å²) in [6, 6.07) is 9.89. The molecular formula is C17H15BrClN3O3S2. The smallest absolute Gasteiger partial charge is 0.271 e. The molecule has 2 heterocycles. The van der Waals surface area contributed by atoms with Crippen molar-refractivity contribution in [1.29, 1.82) is 0 Å². The van der Waals surface area contributed by atoms with E-state index in [1.54, 1.807) is 43.6 Å². The molecule has 0 saturated heterocycles. The summed E-state index contributed by atoms with van der Waals surface area (Å²) in [4.78, 5) is 12.4. The van der Waals surface area contributed by atoms with Crippen LogP contribution in [0.25, 0.3) is 0 Å². The Morgan fingerprint density at radius 1 is 1.19 bits per heavy atom. The SMILES string of the molecule is Cc1cc(NS(=O)(=O)c2cccs2)c(Nc2ccc(Br)cc2Cl)n(C)c1=O. The van der Waals surface area contributed by atoms with Crippen LogP contribution in [0.4, 0.5) is 17.2 Å². The summed E-state index contributed by atoms with van der Waals surface area (Å²) < 4.78 is 30.2. The third kappa shape index (κ3) is 4.21. The summed E-state index contributed by atoms with van der Waals surface area (Å²) in [6.45, 7) is 1.63. The molecule has 0 amide bonds. The van der Waals surface area contributed by atoms with Gasteiger partial charge in [-0.15, -0.1) is 11.3 Å². The number of benzene rings is 1. The fraction of sp³-hybridized carbons (Fsp3) is 0.118. The van der Waals surface area contributed by atoms with Crippen LogP contribution < -0.4 is 15.6 Å². The maximum atomic E-state index is 12.6. The van der Waals surface area contributed by atoms with Gasteiger partial charge in [0.25, 0.3) is 15.6 Å². The van der Waals surface area contributed by atoms with Crippen LogP contribution >= 0.6 is 38.9 Å². The van der Waals surface area contributed by atoms with E-state index >= 15 is 0 Å². The van der Waals surface area contributed by atoms with Gasteiger partial charge in [0.15, 0.2) is 0 Å². The van der Waals surface area contributed by atoms with Crippen molar-refractivity contribution in [2.24, 2.45) is 7.05 Å².